The van der Waals surface area contributed by atoms with Crippen LogP contribution in [0.25, 0.3) is 0 Å². The van der Waals surface area contributed by atoms with E-state index < -0.39 is 0 Å². The predicted octanol–water partition coefficient (Wildman–Crippen LogP) is 1.93. The summed E-state index contributed by atoms with van der Waals surface area (Å²) in [5.74, 6) is -0.0491. The van der Waals surface area contributed by atoms with Crippen LogP contribution in [0.1, 0.15) is 23.2 Å². The van der Waals surface area contributed by atoms with Crippen molar-refractivity contribution in [1.29, 1.82) is 0 Å². The number of hydrogen-bond acceptors (Lipinski definition) is 2. The van der Waals surface area contributed by atoms with Gasteiger partial charge in [-0.1, -0.05) is 0 Å². The molecule has 1 saturated carbocycles. The van der Waals surface area contributed by atoms with E-state index in [0.29, 0.717) is 16.3 Å². The van der Waals surface area contributed by atoms with Gasteiger partial charge < -0.3 is 9.73 Å². The van der Waals surface area contributed by atoms with Crippen molar-refractivity contribution in [2.24, 2.45) is 0 Å². The molecule has 1 aromatic rings. The van der Waals surface area contributed by atoms with Gasteiger partial charge in [0, 0.05) is 12.1 Å². The van der Waals surface area contributed by atoms with Gasteiger partial charge in [0.1, 0.15) is 6.26 Å². The Balaban J connectivity index is 2.03. The molecule has 0 aromatic carbocycles. The summed E-state index contributed by atoms with van der Waals surface area (Å²) < 4.78 is 5.53. The highest BCUT2D eigenvalue weighted by atomic mass is 79.9. The maximum Gasteiger partial charge on any atom is 0.254 e. The Hall–Kier alpha value is -0.770. The zero-order valence-corrected chi connectivity index (χ0v) is 7.93. The first-order valence-corrected chi connectivity index (χ1v) is 4.60. The first-order valence-electron chi connectivity index (χ1n) is 3.80. The number of nitrogens with one attached hydrogen (secondary N) is 1. The Kier molecular flexibility index (Phi) is 1.92. The van der Waals surface area contributed by atoms with Crippen molar-refractivity contribution in [3.8, 4) is 0 Å². The second-order valence-corrected chi connectivity index (χ2v) is 3.67. The molecule has 1 fully saturated rings. The van der Waals surface area contributed by atoms with Crippen molar-refractivity contribution < 1.29 is 9.21 Å². The molecule has 0 spiro atoms. The average Bonchev–Trinajstić information content (AvgIpc) is 2.72. The summed E-state index contributed by atoms with van der Waals surface area (Å²) in [4.78, 5) is 11.3. The van der Waals surface area contributed by atoms with E-state index in [0.717, 1.165) is 12.8 Å². The lowest BCUT2D eigenvalue weighted by Crippen LogP contribution is -2.24. The van der Waals surface area contributed by atoms with Crippen LogP contribution in [0.5, 0.6) is 0 Å². The number of hydrogen-bond donors (Lipinski definition) is 1. The van der Waals surface area contributed by atoms with Crippen molar-refractivity contribution in [3.05, 3.63) is 22.6 Å². The Bertz CT molecular complexity index is 304. The van der Waals surface area contributed by atoms with Crippen LogP contribution in [-0.4, -0.2) is 11.9 Å². The maximum atomic E-state index is 11.3. The van der Waals surface area contributed by atoms with E-state index in [2.05, 4.69) is 21.2 Å². The Morgan fingerprint density at radius 1 is 1.67 bits per heavy atom. The highest BCUT2D eigenvalue weighted by Crippen LogP contribution is 2.20. The van der Waals surface area contributed by atoms with Gasteiger partial charge in [-0.25, -0.2) is 0 Å². The number of carbonyl (C=O) groups is 1. The Morgan fingerprint density at radius 3 is 2.92 bits per heavy atom. The molecule has 2 rings (SSSR count). The lowest BCUT2D eigenvalue weighted by atomic mass is 10.3. The molecule has 3 nitrogen and oxygen atoms in total. The smallest absolute Gasteiger partial charge is 0.254 e. The van der Waals surface area contributed by atoms with Crippen LogP contribution in [0.3, 0.4) is 0 Å². The number of carbonyl (C=O) groups excluding carboxylic acids is 1. The van der Waals surface area contributed by atoms with Crippen LogP contribution in [0.2, 0.25) is 0 Å². The average molecular weight is 230 g/mol. The molecular formula is C8H8BrNO2. The van der Waals surface area contributed by atoms with Gasteiger partial charge in [0.05, 0.1) is 5.56 Å². The second kappa shape index (κ2) is 2.94. The monoisotopic (exact) mass is 229 g/mol. The van der Waals surface area contributed by atoms with E-state index in [1.165, 1.54) is 6.26 Å². The molecule has 4 heteroatoms. The summed E-state index contributed by atoms with van der Waals surface area (Å²) in [6.45, 7) is 0. The van der Waals surface area contributed by atoms with Gasteiger partial charge in [-0.05, 0) is 28.8 Å². The van der Waals surface area contributed by atoms with Crippen molar-refractivity contribution >= 4 is 21.8 Å². The molecule has 1 N–H and O–H groups in total. The molecule has 0 aliphatic heterocycles. The number of furan rings is 1. The Morgan fingerprint density at radius 2 is 2.42 bits per heavy atom. The predicted molar refractivity (Wildman–Crippen MR) is 46.9 cm³/mol. The van der Waals surface area contributed by atoms with E-state index in [9.17, 15) is 4.79 Å². The molecule has 1 aliphatic carbocycles. The van der Waals surface area contributed by atoms with E-state index in [4.69, 9.17) is 4.42 Å². The molecule has 64 valence electrons. The third kappa shape index (κ3) is 1.69. The largest absolute Gasteiger partial charge is 0.457 e. The highest BCUT2D eigenvalue weighted by Gasteiger charge is 2.24. The standard InChI is InChI=1S/C8H8BrNO2/c9-7-3-5(4-12-7)8(11)10-6-1-2-6/h3-4,6H,1-2H2,(H,10,11). The third-order valence-corrected chi connectivity index (χ3v) is 2.16. The summed E-state index contributed by atoms with van der Waals surface area (Å²) in [7, 11) is 0. The van der Waals surface area contributed by atoms with Crippen LogP contribution < -0.4 is 5.32 Å². The van der Waals surface area contributed by atoms with Crippen molar-refractivity contribution in [1.82, 2.24) is 5.32 Å². The minimum Gasteiger partial charge on any atom is -0.457 e. The normalized spacial score (nSPS) is 16.1. The Labute approximate surface area is 78.3 Å². The molecule has 1 amide bonds. The molecular weight excluding hydrogens is 222 g/mol. The zero-order chi connectivity index (χ0) is 8.55. The fraction of sp³-hybridized carbons (Fsp3) is 0.375. The van der Waals surface area contributed by atoms with Gasteiger partial charge in [-0.15, -0.1) is 0 Å². The lowest BCUT2D eigenvalue weighted by Gasteiger charge is -1.97. The quantitative estimate of drug-likeness (QED) is 0.843. The van der Waals surface area contributed by atoms with Gasteiger partial charge in [0.2, 0.25) is 0 Å². The molecule has 1 heterocycles. The van der Waals surface area contributed by atoms with Crippen LogP contribution in [0, 0.1) is 0 Å². The first-order chi connectivity index (χ1) is 5.75. The van der Waals surface area contributed by atoms with E-state index in [1.807, 2.05) is 0 Å². The van der Waals surface area contributed by atoms with Gasteiger partial charge >= 0.3 is 0 Å². The van der Waals surface area contributed by atoms with Gasteiger partial charge in [0.25, 0.3) is 5.91 Å². The number of halogens is 1. The summed E-state index contributed by atoms with van der Waals surface area (Å²) >= 11 is 3.14. The third-order valence-electron chi connectivity index (χ3n) is 1.74. The van der Waals surface area contributed by atoms with Crippen molar-refractivity contribution in [2.75, 3.05) is 0 Å². The van der Waals surface area contributed by atoms with Crippen LogP contribution in [-0.2, 0) is 0 Å². The summed E-state index contributed by atoms with van der Waals surface area (Å²) in [5.41, 5.74) is 0.578. The van der Waals surface area contributed by atoms with E-state index in [1.54, 1.807) is 6.07 Å². The minimum atomic E-state index is -0.0491. The molecule has 12 heavy (non-hydrogen) atoms. The molecule has 0 bridgehead atoms. The van der Waals surface area contributed by atoms with E-state index >= 15 is 0 Å². The topological polar surface area (TPSA) is 42.2 Å². The minimum absolute atomic E-state index is 0.0491. The van der Waals surface area contributed by atoms with Crippen LogP contribution in [0.4, 0.5) is 0 Å². The molecule has 0 radical (unpaired) electrons. The van der Waals surface area contributed by atoms with Crippen LogP contribution >= 0.6 is 15.9 Å². The molecule has 1 aliphatic rings. The number of rotatable bonds is 2. The fourth-order valence-corrected chi connectivity index (χ4v) is 1.27. The van der Waals surface area contributed by atoms with Crippen molar-refractivity contribution in [3.63, 3.8) is 0 Å². The maximum absolute atomic E-state index is 11.3. The molecule has 0 unspecified atom stereocenters. The first kappa shape index (κ1) is 7.86. The van der Waals surface area contributed by atoms with Crippen LogP contribution in [0.15, 0.2) is 21.4 Å². The highest BCUT2D eigenvalue weighted by molar-refractivity contribution is 9.10. The van der Waals surface area contributed by atoms with Gasteiger partial charge in [0.15, 0.2) is 4.67 Å². The second-order valence-electron chi connectivity index (χ2n) is 2.89. The summed E-state index contributed by atoms with van der Waals surface area (Å²) in [6.07, 6.45) is 3.65. The van der Waals surface area contributed by atoms with Gasteiger partial charge in [-0.3, -0.25) is 4.79 Å². The fourth-order valence-electron chi connectivity index (χ4n) is 0.926. The zero-order valence-electron chi connectivity index (χ0n) is 6.34. The lowest BCUT2D eigenvalue weighted by molar-refractivity contribution is 0.0950. The van der Waals surface area contributed by atoms with E-state index in [-0.39, 0.29) is 5.91 Å². The summed E-state index contributed by atoms with van der Waals surface area (Å²) in [5, 5.41) is 2.86. The van der Waals surface area contributed by atoms with Crippen molar-refractivity contribution in [2.45, 2.75) is 18.9 Å². The molecule has 0 saturated heterocycles. The summed E-state index contributed by atoms with van der Waals surface area (Å²) in [6, 6.07) is 2.06. The van der Waals surface area contributed by atoms with Gasteiger partial charge in [-0.2, -0.15) is 0 Å². The molecule has 1 aromatic heterocycles. The number of amides is 1. The molecule has 0 atom stereocenters. The SMILES string of the molecule is O=C(NC1CC1)c1coc(Br)c1.